The van der Waals surface area contributed by atoms with E-state index in [2.05, 4.69) is 5.32 Å². The molecule has 0 saturated heterocycles. The summed E-state index contributed by atoms with van der Waals surface area (Å²) in [6.07, 6.45) is -0.233. The number of aliphatic hydroxyl groups is 1. The van der Waals surface area contributed by atoms with Gasteiger partial charge in [-0.25, -0.2) is 4.79 Å². The summed E-state index contributed by atoms with van der Waals surface area (Å²) < 4.78 is 5.21. The normalized spacial score (nSPS) is 13.2. The molecule has 0 heterocycles. The van der Waals surface area contributed by atoms with Crippen LogP contribution in [0.5, 0.6) is 0 Å². The predicted octanol–water partition coefficient (Wildman–Crippen LogP) is 3.60. The smallest absolute Gasteiger partial charge is 0.407 e. The molecular weight excluding hydrogens is 290 g/mol. The van der Waals surface area contributed by atoms with Crippen molar-refractivity contribution in [2.24, 2.45) is 0 Å². The maximum Gasteiger partial charge on any atom is 0.407 e. The van der Waals surface area contributed by atoms with Crippen LogP contribution in [0.1, 0.15) is 36.6 Å². The van der Waals surface area contributed by atoms with E-state index in [0.717, 1.165) is 16.7 Å². The monoisotopic (exact) mass is 313 g/mol. The number of benzene rings is 2. The minimum absolute atomic E-state index is 0.0532. The van der Waals surface area contributed by atoms with Crippen LogP contribution in [0.15, 0.2) is 54.6 Å². The molecule has 0 aromatic heterocycles. The molecule has 2 atom stereocenters. The number of hydrogen-bond acceptors (Lipinski definition) is 3. The molecule has 2 rings (SSSR count). The molecule has 0 aliphatic heterocycles. The molecule has 2 unspecified atom stereocenters. The van der Waals surface area contributed by atoms with Gasteiger partial charge in [-0.05, 0) is 37.0 Å². The average molecular weight is 313 g/mol. The second-order valence-electron chi connectivity index (χ2n) is 5.73. The number of nitrogens with one attached hydrogen (secondary N) is 1. The molecule has 0 aliphatic carbocycles. The summed E-state index contributed by atoms with van der Waals surface area (Å²) >= 11 is 0. The molecular formula is C19H23NO3. The zero-order chi connectivity index (χ0) is 16.7. The van der Waals surface area contributed by atoms with Crippen molar-refractivity contribution < 1.29 is 14.6 Å². The molecule has 0 spiro atoms. The minimum atomic E-state index is -0.492. The number of ether oxygens (including phenoxy) is 1. The molecule has 1 amide bonds. The maximum atomic E-state index is 11.8. The predicted molar refractivity (Wildman–Crippen MR) is 90.0 cm³/mol. The Bertz CT molecular complexity index is 626. The van der Waals surface area contributed by atoms with Crippen LogP contribution in [0, 0.1) is 0 Å². The quantitative estimate of drug-likeness (QED) is 0.856. The van der Waals surface area contributed by atoms with E-state index in [0.29, 0.717) is 6.42 Å². The van der Waals surface area contributed by atoms with Crippen LogP contribution in [-0.4, -0.2) is 17.2 Å². The van der Waals surface area contributed by atoms with Crippen molar-refractivity contribution >= 4 is 6.09 Å². The molecule has 0 radical (unpaired) electrons. The summed E-state index contributed by atoms with van der Waals surface area (Å²) in [5, 5.41) is 12.4. The Balaban J connectivity index is 1.81. The van der Waals surface area contributed by atoms with Crippen LogP contribution in [0.2, 0.25) is 0 Å². The van der Waals surface area contributed by atoms with Gasteiger partial charge in [-0.3, -0.25) is 0 Å². The third-order valence-electron chi connectivity index (χ3n) is 3.55. The van der Waals surface area contributed by atoms with E-state index in [9.17, 15) is 9.90 Å². The van der Waals surface area contributed by atoms with Gasteiger partial charge in [0, 0.05) is 6.04 Å². The lowest BCUT2D eigenvalue weighted by Crippen LogP contribution is -2.34. The lowest BCUT2D eigenvalue weighted by Gasteiger charge is -2.15. The molecule has 2 N–H and O–H groups in total. The first-order valence-electron chi connectivity index (χ1n) is 7.78. The van der Waals surface area contributed by atoms with Crippen LogP contribution in [0.25, 0.3) is 0 Å². The van der Waals surface area contributed by atoms with E-state index in [1.165, 1.54) is 0 Å². The second-order valence-corrected chi connectivity index (χ2v) is 5.73. The fraction of sp³-hybridized carbons (Fsp3) is 0.316. The zero-order valence-corrected chi connectivity index (χ0v) is 13.5. The molecule has 2 aromatic carbocycles. The molecule has 2 aromatic rings. The number of rotatable bonds is 6. The van der Waals surface area contributed by atoms with Crippen molar-refractivity contribution in [1.29, 1.82) is 0 Å². The Labute approximate surface area is 137 Å². The highest BCUT2D eigenvalue weighted by molar-refractivity contribution is 5.67. The SMILES string of the molecule is CC(Cc1cccc(C(C)O)c1)NC(=O)OCc1ccccc1. The molecule has 4 nitrogen and oxygen atoms in total. The van der Waals surface area contributed by atoms with Crippen LogP contribution in [0.4, 0.5) is 4.79 Å². The van der Waals surface area contributed by atoms with Gasteiger partial charge in [0.2, 0.25) is 0 Å². The maximum absolute atomic E-state index is 11.8. The third kappa shape index (κ3) is 5.75. The van der Waals surface area contributed by atoms with Crippen molar-refractivity contribution in [1.82, 2.24) is 5.32 Å². The minimum Gasteiger partial charge on any atom is -0.445 e. The lowest BCUT2D eigenvalue weighted by atomic mass is 10.0. The van der Waals surface area contributed by atoms with Crippen LogP contribution >= 0.6 is 0 Å². The highest BCUT2D eigenvalue weighted by Gasteiger charge is 2.10. The van der Waals surface area contributed by atoms with Crippen molar-refractivity contribution in [2.75, 3.05) is 0 Å². The zero-order valence-electron chi connectivity index (χ0n) is 13.5. The molecule has 0 fully saturated rings. The van der Waals surface area contributed by atoms with Gasteiger partial charge in [0.25, 0.3) is 0 Å². The summed E-state index contributed by atoms with van der Waals surface area (Å²) in [6, 6.07) is 17.3. The first-order chi connectivity index (χ1) is 11.0. The Morgan fingerprint density at radius 3 is 2.48 bits per heavy atom. The highest BCUT2D eigenvalue weighted by Crippen LogP contribution is 2.14. The standard InChI is InChI=1S/C19H23NO3/c1-14(11-17-9-6-10-18(12-17)15(2)21)20-19(22)23-13-16-7-4-3-5-8-16/h3-10,12,14-15,21H,11,13H2,1-2H3,(H,20,22). The molecule has 122 valence electrons. The van der Waals surface area contributed by atoms with Crippen LogP contribution in [0.3, 0.4) is 0 Å². The van der Waals surface area contributed by atoms with Crippen molar-refractivity contribution in [3.63, 3.8) is 0 Å². The molecule has 23 heavy (non-hydrogen) atoms. The van der Waals surface area contributed by atoms with Gasteiger partial charge >= 0.3 is 6.09 Å². The molecule has 0 aliphatic rings. The third-order valence-corrected chi connectivity index (χ3v) is 3.55. The number of alkyl carbamates (subject to hydrolysis) is 1. The Kier molecular flexibility index (Phi) is 6.18. The molecule has 4 heteroatoms. The first kappa shape index (κ1) is 17.0. The average Bonchev–Trinajstić information content (AvgIpc) is 2.54. The number of amides is 1. The number of hydrogen-bond donors (Lipinski definition) is 2. The van der Waals surface area contributed by atoms with Crippen LogP contribution in [-0.2, 0) is 17.8 Å². The van der Waals surface area contributed by atoms with Gasteiger partial charge in [0.1, 0.15) is 6.61 Å². The summed E-state index contributed by atoms with van der Waals surface area (Å²) in [6.45, 7) is 3.93. The van der Waals surface area contributed by atoms with Gasteiger partial charge in [-0.2, -0.15) is 0 Å². The van der Waals surface area contributed by atoms with Gasteiger partial charge in [0.15, 0.2) is 0 Å². The van der Waals surface area contributed by atoms with Crippen molar-refractivity contribution in [3.05, 3.63) is 71.3 Å². The Morgan fingerprint density at radius 1 is 1.09 bits per heavy atom. The highest BCUT2D eigenvalue weighted by atomic mass is 16.5. The van der Waals surface area contributed by atoms with Gasteiger partial charge in [-0.15, -0.1) is 0 Å². The molecule has 0 bridgehead atoms. The van der Waals surface area contributed by atoms with Crippen LogP contribution < -0.4 is 5.32 Å². The fourth-order valence-corrected chi connectivity index (χ4v) is 2.35. The van der Waals surface area contributed by atoms with E-state index in [4.69, 9.17) is 4.74 Å². The lowest BCUT2D eigenvalue weighted by molar-refractivity contribution is 0.136. The number of carbonyl (C=O) groups excluding carboxylic acids is 1. The molecule has 0 saturated carbocycles. The van der Waals surface area contributed by atoms with Gasteiger partial charge in [0.05, 0.1) is 6.10 Å². The van der Waals surface area contributed by atoms with E-state index in [-0.39, 0.29) is 12.6 Å². The number of aliphatic hydroxyl groups excluding tert-OH is 1. The summed E-state index contributed by atoms with van der Waals surface area (Å²) in [7, 11) is 0. The van der Waals surface area contributed by atoms with E-state index in [1.807, 2.05) is 61.5 Å². The van der Waals surface area contributed by atoms with Crippen molar-refractivity contribution in [2.45, 2.75) is 39.0 Å². The number of carbonyl (C=O) groups is 1. The second kappa shape index (κ2) is 8.34. The summed E-state index contributed by atoms with van der Waals surface area (Å²) in [5.41, 5.74) is 2.90. The Hall–Kier alpha value is -2.33. The van der Waals surface area contributed by atoms with E-state index in [1.54, 1.807) is 6.92 Å². The summed E-state index contributed by atoms with van der Waals surface area (Å²) in [5.74, 6) is 0. The van der Waals surface area contributed by atoms with Crippen molar-refractivity contribution in [3.8, 4) is 0 Å². The van der Waals surface area contributed by atoms with Gasteiger partial charge < -0.3 is 15.2 Å². The van der Waals surface area contributed by atoms with E-state index < -0.39 is 12.2 Å². The van der Waals surface area contributed by atoms with E-state index >= 15 is 0 Å². The topological polar surface area (TPSA) is 58.6 Å². The first-order valence-corrected chi connectivity index (χ1v) is 7.78. The Morgan fingerprint density at radius 2 is 1.78 bits per heavy atom. The largest absolute Gasteiger partial charge is 0.445 e. The summed E-state index contributed by atoms with van der Waals surface area (Å²) in [4.78, 5) is 11.8. The fourth-order valence-electron chi connectivity index (χ4n) is 2.35. The van der Waals surface area contributed by atoms with Gasteiger partial charge in [-0.1, -0.05) is 54.6 Å².